The van der Waals surface area contributed by atoms with Gasteiger partial charge in [0.25, 0.3) is 0 Å². The molecule has 0 unspecified atom stereocenters. The third-order valence-electron chi connectivity index (χ3n) is 1.89. The fourth-order valence-electron chi connectivity index (χ4n) is 1.30. The fraction of sp³-hybridized carbons (Fsp3) is 0.364. The molecule has 0 atom stereocenters. The molecule has 0 saturated carbocycles. The second-order valence-electron chi connectivity index (χ2n) is 4.50. The highest BCUT2D eigenvalue weighted by atomic mass is 16.5. The topological polar surface area (TPSA) is 66.8 Å². The highest BCUT2D eigenvalue weighted by Crippen LogP contribution is 2.17. The molecule has 1 aromatic rings. The van der Waals surface area contributed by atoms with Crippen LogP contribution in [0, 0.1) is 0 Å². The van der Waals surface area contributed by atoms with Gasteiger partial charge in [-0.2, -0.15) is 0 Å². The number of hydrogen-bond acceptors (Lipinski definition) is 4. The Labute approximate surface area is 95.0 Å². The lowest BCUT2D eigenvalue weighted by Crippen LogP contribution is -2.33. The molecule has 0 spiro atoms. The molecule has 0 fully saturated rings. The molecule has 5 heteroatoms. The zero-order chi connectivity index (χ0) is 12.3. The van der Waals surface area contributed by atoms with Gasteiger partial charge in [0.05, 0.1) is 0 Å². The summed E-state index contributed by atoms with van der Waals surface area (Å²) in [6.45, 7) is 5.65. The fourth-order valence-corrected chi connectivity index (χ4v) is 1.30. The number of hydrogen-bond donors (Lipinski definition) is 2. The van der Waals surface area contributed by atoms with Crippen LogP contribution in [0.5, 0.6) is 5.75 Å². The lowest BCUT2D eigenvalue weighted by atomic mass is 9.77. The first kappa shape index (κ1) is 12.7. The Balaban J connectivity index is 3.07. The van der Waals surface area contributed by atoms with Crippen molar-refractivity contribution in [2.75, 3.05) is 0 Å². The molecule has 0 aliphatic carbocycles. The van der Waals surface area contributed by atoms with Gasteiger partial charge in [-0.15, -0.1) is 0 Å². The van der Waals surface area contributed by atoms with Crippen LogP contribution < -0.4 is 10.2 Å². The molecule has 0 aliphatic heterocycles. The summed E-state index contributed by atoms with van der Waals surface area (Å²) >= 11 is 0. The number of ether oxygens (including phenoxy) is 1. The van der Waals surface area contributed by atoms with Gasteiger partial charge in [0.15, 0.2) is 0 Å². The molecule has 0 amide bonds. The molecule has 2 N–H and O–H groups in total. The summed E-state index contributed by atoms with van der Waals surface area (Å²) in [6, 6.07) is 4.59. The van der Waals surface area contributed by atoms with Gasteiger partial charge < -0.3 is 14.8 Å². The predicted molar refractivity (Wildman–Crippen MR) is 62.0 cm³/mol. The van der Waals surface area contributed by atoms with E-state index in [1.165, 1.54) is 12.1 Å². The normalized spacial score (nSPS) is 11.1. The van der Waals surface area contributed by atoms with Crippen molar-refractivity contribution < 1.29 is 19.6 Å². The molecule has 0 bridgehead atoms. The SMILES string of the molecule is CC(C)(C)Oc1ccc(C=O)c(B(O)O)c1. The van der Waals surface area contributed by atoms with Crippen molar-refractivity contribution in [3.05, 3.63) is 23.8 Å². The van der Waals surface area contributed by atoms with Crippen molar-refractivity contribution in [1.29, 1.82) is 0 Å². The molecule has 86 valence electrons. The highest BCUT2D eigenvalue weighted by molar-refractivity contribution is 6.60. The maximum atomic E-state index is 10.7. The Morgan fingerprint density at radius 1 is 1.31 bits per heavy atom. The zero-order valence-corrected chi connectivity index (χ0v) is 9.60. The molecule has 1 aromatic carbocycles. The molecule has 0 heterocycles. The van der Waals surface area contributed by atoms with Crippen molar-refractivity contribution in [3.63, 3.8) is 0 Å². The van der Waals surface area contributed by atoms with E-state index < -0.39 is 7.12 Å². The van der Waals surface area contributed by atoms with E-state index in [0.717, 1.165) is 0 Å². The Kier molecular flexibility index (Phi) is 3.72. The maximum Gasteiger partial charge on any atom is 0.489 e. The van der Waals surface area contributed by atoms with Crippen molar-refractivity contribution in [1.82, 2.24) is 0 Å². The monoisotopic (exact) mass is 222 g/mol. The highest BCUT2D eigenvalue weighted by Gasteiger charge is 2.18. The molecule has 0 saturated heterocycles. The third-order valence-corrected chi connectivity index (χ3v) is 1.89. The van der Waals surface area contributed by atoms with Gasteiger partial charge in [-0.05, 0) is 44.4 Å². The van der Waals surface area contributed by atoms with Gasteiger partial charge in [0.1, 0.15) is 17.6 Å². The van der Waals surface area contributed by atoms with E-state index in [-0.39, 0.29) is 16.6 Å². The molecule has 0 aliphatic rings. The van der Waals surface area contributed by atoms with E-state index >= 15 is 0 Å². The van der Waals surface area contributed by atoms with Gasteiger partial charge >= 0.3 is 7.12 Å². The van der Waals surface area contributed by atoms with Crippen molar-refractivity contribution in [3.8, 4) is 5.75 Å². The standard InChI is InChI=1S/C11H15BO4/c1-11(2,3)16-9-5-4-8(7-13)10(6-9)12(14)15/h4-7,14-15H,1-3H3. The Morgan fingerprint density at radius 2 is 1.94 bits per heavy atom. The second kappa shape index (κ2) is 4.68. The second-order valence-corrected chi connectivity index (χ2v) is 4.50. The summed E-state index contributed by atoms with van der Waals surface area (Å²) < 4.78 is 5.55. The van der Waals surface area contributed by atoms with Gasteiger partial charge in [0.2, 0.25) is 0 Å². The van der Waals surface area contributed by atoms with E-state index in [9.17, 15) is 4.79 Å². The van der Waals surface area contributed by atoms with Gasteiger partial charge in [0, 0.05) is 5.56 Å². The van der Waals surface area contributed by atoms with Gasteiger partial charge in [-0.25, -0.2) is 0 Å². The van der Waals surface area contributed by atoms with Crippen LogP contribution in [-0.4, -0.2) is 29.1 Å². The van der Waals surface area contributed by atoms with Gasteiger partial charge in [-0.3, -0.25) is 4.79 Å². The molecular formula is C11H15BO4. The van der Waals surface area contributed by atoms with Crippen LogP contribution in [-0.2, 0) is 0 Å². The Morgan fingerprint density at radius 3 is 2.38 bits per heavy atom. The quantitative estimate of drug-likeness (QED) is 0.572. The first-order valence-corrected chi connectivity index (χ1v) is 4.98. The first-order valence-electron chi connectivity index (χ1n) is 4.98. The molecule has 16 heavy (non-hydrogen) atoms. The Bertz CT molecular complexity index is 382. The minimum absolute atomic E-state index is 0.150. The summed E-state index contributed by atoms with van der Waals surface area (Å²) in [4.78, 5) is 10.7. The van der Waals surface area contributed by atoms with E-state index in [4.69, 9.17) is 14.8 Å². The Hall–Kier alpha value is -1.33. The average Bonchev–Trinajstić information content (AvgIpc) is 2.15. The summed E-state index contributed by atoms with van der Waals surface area (Å²) in [5, 5.41) is 18.2. The van der Waals surface area contributed by atoms with Crippen LogP contribution in [0.4, 0.5) is 0 Å². The van der Waals surface area contributed by atoms with E-state index in [1.807, 2.05) is 20.8 Å². The van der Waals surface area contributed by atoms with Crippen molar-refractivity contribution in [2.24, 2.45) is 0 Å². The maximum absolute atomic E-state index is 10.7. The number of benzene rings is 1. The summed E-state index contributed by atoms with van der Waals surface area (Å²) in [6.07, 6.45) is 0.579. The van der Waals surface area contributed by atoms with E-state index in [2.05, 4.69) is 0 Å². The van der Waals surface area contributed by atoms with Crippen LogP contribution in [0.15, 0.2) is 18.2 Å². The first-order chi connectivity index (χ1) is 7.33. The average molecular weight is 222 g/mol. The molecule has 0 radical (unpaired) electrons. The van der Waals surface area contributed by atoms with E-state index in [0.29, 0.717) is 12.0 Å². The van der Waals surface area contributed by atoms with Crippen LogP contribution in [0.3, 0.4) is 0 Å². The van der Waals surface area contributed by atoms with Crippen molar-refractivity contribution >= 4 is 18.9 Å². The third kappa shape index (κ3) is 3.36. The molecule has 0 aromatic heterocycles. The minimum Gasteiger partial charge on any atom is -0.488 e. The summed E-state index contributed by atoms with van der Waals surface area (Å²) in [5.74, 6) is 0.501. The number of carbonyl (C=O) groups is 1. The molecule has 4 nitrogen and oxygen atoms in total. The minimum atomic E-state index is -1.68. The summed E-state index contributed by atoms with van der Waals surface area (Å²) in [7, 11) is -1.68. The zero-order valence-electron chi connectivity index (χ0n) is 9.60. The van der Waals surface area contributed by atoms with Crippen LogP contribution in [0.25, 0.3) is 0 Å². The largest absolute Gasteiger partial charge is 0.489 e. The lowest BCUT2D eigenvalue weighted by molar-refractivity contribution is 0.112. The summed E-state index contributed by atoms with van der Waals surface area (Å²) in [5.41, 5.74) is 0.0217. The molecule has 1 rings (SSSR count). The molecular weight excluding hydrogens is 207 g/mol. The smallest absolute Gasteiger partial charge is 0.488 e. The number of carbonyl (C=O) groups excluding carboxylic acids is 1. The predicted octanol–water partition coefficient (Wildman–Crippen LogP) is 0.356. The number of aldehydes is 1. The van der Waals surface area contributed by atoms with E-state index in [1.54, 1.807) is 6.07 Å². The van der Waals surface area contributed by atoms with Gasteiger partial charge in [-0.1, -0.05) is 0 Å². The van der Waals surface area contributed by atoms with Crippen LogP contribution >= 0.6 is 0 Å². The van der Waals surface area contributed by atoms with Crippen LogP contribution in [0.1, 0.15) is 31.1 Å². The van der Waals surface area contributed by atoms with Crippen molar-refractivity contribution in [2.45, 2.75) is 26.4 Å². The number of rotatable bonds is 3. The lowest BCUT2D eigenvalue weighted by Gasteiger charge is -2.21. The van der Waals surface area contributed by atoms with Crippen LogP contribution in [0.2, 0.25) is 0 Å².